The van der Waals surface area contributed by atoms with E-state index in [1.54, 1.807) is 0 Å². The van der Waals surface area contributed by atoms with Gasteiger partial charge in [0.1, 0.15) is 5.75 Å². The number of rotatable bonds is 11. The molecule has 2 amide bonds. The molecule has 152 valence electrons. The highest BCUT2D eigenvalue weighted by Crippen LogP contribution is 2.28. The highest BCUT2D eigenvalue weighted by atomic mass is 16.5. The van der Waals surface area contributed by atoms with Crippen molar-refractivity contribution in [2.45, 2.75) is 33.7 Å². The maximum absolute atomic E-state index is 12.0. The van der Waals surface area contributed by atoms with Gasteiger partial charge in [-0.1, -0.05) is 18.2 Å². The van der Waals surface area contributed by atoms with Crippen LogP contribution in [-0.4, -0.2) is 32.4 Å². The van der Waals surface area contributed by atoms with E-state index < -0.39 is 0 Å². The minimum atomic E-state index is -0.190. The second-order valence-electron chi connectivity index (χ2n) is 6.08. The number of benzene rings is 2. The van der Waals surface area contributed by atoms with Crippen molar-refractivity contribution in [2.24, 2.45) is 0 Å². The number of nitrogens with one attached hydrogen (secondary N) is 2. The molecule has 0 bridgehead atoms. The molecule has 0 aliphatic heterocycles. The lowest BCUT2D eigenvalue weighted by Crippen LogP contribution is -2.36. The van der Waals surface area contributed by atoms with Crippen LogP contribution >= 0.6 is 0 Å². The van der Waals surface area contributed by atoms with Crippen molar-refractivity contribution in [1.82, 2.24) is 10.6 Å². The Kier molecular flexibility index (Phi) is 8.98. The zero-order chi connectivity index (χ0) is 20.2. The minimum absolute atomic E-state index is 0.190. The van der Waals surface area contributed by atoms with Crippen molar-refractivity contribution < 1.29 is 19.0 Å². The van der Waals surface area contributed by atoms with Crippen LogP contribution in [0, 0.1) is 0 Å². The van der Waals surface area contributed by atoms with Gasteiger partial charge in [-0.15, -0.1) is 0 Å². The Morgan fingerprint density at radius 2 is 1.43 bits per heavy atom. The first kappa shape index (κ1) is 21.4. The third-order valence-corrected chi connectivity index (χ3v) is 3.99. The van der Waals surface area contributed by atoms with E-state index in [0.29, 0.717) is 39.3 Å². The van der Waals surface area contributed by atoms with Crippen LogP contribution in [0.1, 0.15) is 31.9 Å². The van der Waals surface area contributed by atoms with Crippen LogP contribution in [0.5, 0.6) is 17.2 Å². The summed E-state index contributed by atoms with van der Waals surface area (Å²) in [6, 6.07) is 13.4. The zero-order valence-electron chi connectivity index (χ0n) is 16.9. The van der Waals surface area contributed by atoms with Crippen LogP contribution in [0.3, 0.4) is 0 Å². The van der Waals surface area contributed by atoms with Crippen molar-refractivity contribution in [3.63, 3.8) is 0 Å². The summed E-state index contributed by atoms with van der Waals surface area (Å²) in [5.41, 5.74) is 2.10. The molecule has 2 rings (SSSR count). The van der Waals surface area contributed by atoms with Gasteiger partial charge in [-0.25, -0.2) is 4.79 Å². The first-order valence-electron chi connectivity index (χ1n) is 9.78. The Labute approximate surface area is 167 Å². The monoisotopic (exact) mass is 386 g/mol. The van der Waals surface area contributed by atoms with Crippen molar-refractivity contribution in [3.05, 3.63) is 53.6 Å². The Bertz CT molecular complexity index is 732. The third kappa shape index (κ3) is 7.02. The number of hydrogen-bond acceptors (Lipinski definition) is 4. The number of hydrogen-bond donors (Lipinski definition) is 2. The van der Waals surface area contributed by atoms with E-state index in [1.165, 1.54) is 0 Å². The largest absolute Gasteiger partial charge is 0.494 e. The Morgan fingerprint density at radius 3 is 2.11 bits per heavy atom. The summed E-state index contributed by atoms with van der Waals surface area (Å²) in [6.45, 7) is 8.65. The second kappa shape index (κ2) is 11.7. The van der Waals surface area contributed by atoms with Gasteiger partial charge < -0.3 is 24.8 Å². The summed E-state index contributed by atoms with van der Waals surface area (Å²) in [4.78, 5) is 12.0. The molecule has 28 heavy (non-hydrogen) atoms. The van der Waals surface area contributed by atoms with E-state index >= 15 is 0 Å². The van der Waals surface area contributed by atoms with Crippen LogP contribution in [0.4, 0.5) is 4.79 Å². The predicted molar refractivity (Wildman–Crippen MR) is 110 cm³/mol. The average Bonchev–Trinajstić information content (AvgIpc) is 2.70. The van der Waals surface area contributed by atoms with E-state index in [1.807, 2.05) is 63.2 Å². The summed E-state index contributed by atoms with van der Waals surface area (Å²) < 4.78 is 16.6. The van der Waals surface area contributed by atoms with Crippen LogP contribution in [0.25, 0.3) is 0 Å². The van der Waals surface area contributed by atoms with E-state index in [-0.39, 0.29) is 6.03 Å². The van der Waals surface area contributed by atoms with E-state index in [4.69, 9.17) is 14.2 Å². The maximum Gasteiger partial charge on any atom is 0.315 e. The number of carbonyl (C=O) groups excluding carboxylic acids is 1. The SMILES string of the molecule is CCOc1ccc(CNC(=O)NCCc2ccc(OCC)c(OCC)c2)cc1. The molecule has 0 unspecified atom stereocenters. The molecule has 0 spiro atoms. The fraction of sp³-hybridized carbons (Fsp3) is 0.409. The topological polar surface area (TPSA) is 68.8 Å². The number of carbonyl (C=O) groups is 1. The van der Waals surface area contributed by atoms with Crippen molar-refractivity contribution >= 4 is 6.03 Å². The van der Waals surface area contributed by atoms with Crippen LogP contribution in [0.15, 0.2) is 42.5 Å². The molecular formula is C22H30N2O4. The van der Waals surface area contributed by atoms with Gasteiger partial charge in [-0.3, -0.25) is 0 Å². The fourth-order valence-electron chi connectivity index (χ4n) is 2.69. The molecule has 0 fully saturated rings. The summed E-state index contributed by atoms with van der Waals surface area (Å²) in [6.07, 6.45) is 0.711. The zero-order valence-corrected chi connectivity index (χ0v) is 16.9. The van der Waals surface area contributed by atoms with Gasteiger partial charge in [0.05, 0.1) is 19.8 Å². The number of ether oxygens (including phenoxy) is 3. The maximum atomic E-state index is 12.0. The molecule has 2 N–H and O–H groups in total. The number of amides is 2. The smallest absolute Gasteiger partial charge is 0.315 e. The molecule has 0 aliphatic carbocycles. The van der Waals surface area contributed by atoms with Crippen molar-refractivity contribution in [2.75, 3.05) is 26.4 Å². The van der Waals surface area contributed by atoms with Crippen molar-refractivity contribution in [1.29, 1.82) is 0 Å². The Balaban J connectivity index is 1.76. The van der Waals surface area contributed by atoms with Gasteiger partial charge in [-0.2, -0.15) is 0 Å². The molecule has 6 nitrogen and oxygen atoms in total. The van der Waals surface area contributed by atoms with E-state index in [2.05, 4.69) is 10.6 Å². The predicted octanol–water partition coefficient (Wildman–Crippen LogP) is 3.92. The first-order chi connectivity index (χ1) is 13.7. The average molecular weight is 386 g/mol. The van der Waals surface area contributed by atoms with Gasteiger partial charge in [0.2, 0.25) is 0 Å². The lowest BCUT2D eigenvalue weighted by Gasteiger charge is -2.13. The molecule has 6 heteroatoms. The third-order valence-electron chi connectivity index (χ3n) is 3.99. The van der Waals surface area contributed by atoms with Gasteiger partial charge in [0.25, 0.3) is 0 Å². The fourth-order valence-corrected chi connectivity index (χ4v) is 2.69. The molecule has 0 radical (unpaired) electrons. The second-order valence-corrected chi connectivity index (χ2v) is 6.08. The molecule has 0 saturated carbocycles. The quantitative estimate of drug-likeness (QED) is 0.614. The highest BCUT2D eigenvalue weighted by molar-refractivity contribution is 5.73. The molecule has 0 aromatic heterocycles. The Hall–Kier alpha value is -2.89. The van der Waals surface area contributed by atoms with Crippen molar-refractivity contribution in [3.8, 4) is 17.2 Å². The van der Waals surface area contributed by atoms with Gasteiger partial charge >= 0.3 is 6.03 Å². The minimum Gasteiger partial charge on any atom is -0.494 e. The summed E-state index contributed by atoms with van der Waals surface area (Å²) >= 11 is 0. The van der Waals surface area contributed by atoms with Gasteiger partial charge in [0, 0.05) is 13.1 Å². The van der Waals surface area contributed by atoms with Crippen LogP contribution in [0.2, 0.25) is 0 Å². The van der Waals surface area contributed by atoms with Gasteiger partial charge in [0.15, 0.2) is 11.5 Å². The van der Waals surface area contributed by atoms with Crippen LogP contribution < -0.4 is 24.8 Å². The van der Waals surface area contributed by atoms with E-state index in [9.17, 15) is 4.79 Å². The molecule has 2 aromatic rings. The standard InChI is InChI=1S/C22H30N2O4/c1-4-26-19-10-7-18(8-11-19)16-24-22(25)23-14-13-17-9-12-20(27-5-2)21(15-17)28-6-3/h7-12,15H,4-6,13-14,16H2,1-3H3,(H2,23,24,25). The lowest BCUT2D eigenvalue weighted by atomic mass is 10.1. The normalized spacial score (nSPS) is 10.2. The number of urea groups is 1. The summed E-state index contributed by atoms with van der Waals surface area (Å²) in [5.74, 6) is 2.31. The van der Waals surface area contributed by atoms with Gasteiger partial charge in [-0.05, 0) is 62.6 Å². The molecule has 0 saturated heterocycles. The summed E-state index contributed by atoms with van der Waals surface area (Å²) in [7, 11) is 0. The molecule has 2 aromatic carbocycles. The van der Waals surface area contributed by atoms with E-state index in [0.717, 1.165) is 28.4 Å². The molecule has 0 heterocycles. The lowest BCUT2D eigenvalue weighted by molar-refractivity contribution is 0.240. The Morgan fingerprint density at radius 1 is 0.786 bits per heavy atom. The molecule has 0 aliphatic rings. The molecule has 0 atom stereocenters. The summed E-state index contributed by atoms with van der Waals surface area (Å²) in [5, 5.41) is 5.74. The first-order valence-corrected chi connectivity index (χ1v) is 9.78. The highest BCUT2D eigenvalue weighted by Gasteiger charge is 2.07. The molecular weight excluding hydrogens is 356 g/mol. The van der Waals surface area contributed by atoms with Crippen LogP contribution in [-0.2, 0) is 13.0 Å².